The Morgan fingerprint density at radius 1 is 1.13 bits per heavy atom. The zero-order valence-corrected chi connectivity index (χ0v) is 18.1. The highest BCUT2D eigenvalue weighted by Gasteiger charge is 2.31. The lowest BCUT2D eigenvalue weighted by Gasteiger charge is -2.34. The van der Waals surface area contributed by atoms with Crippen LogP contribution in [0.2, 0.25) is 0 Å². The van der Waals surface area contributed by atoms with Gasteiger partial charge in [0, 0.05) is 18.5 Å². The lowest BCUT2D eigenvalue weighted by Crippen LogP contribution is -2.42. The fourth-order valence-electron chi connectivity index (χ4n) is 3.25. The van der Waals surface area contributed by atoms with E-state index in [0.29, 0.717) is 6.54 Å². The molecule has 0 N–H and O–H groups in total. The summed E-state index contributed by atoms with van der Waals surface area (Å²) in [5, 5.41) is 0. The van der Waals surface area contributed by atoms with E-state index in [0.717, 1.165) is 49.1 Å². The lowest BCUT2D eigenvalue weighted by atomic mass is 9.84. The number of hydrogen-bond donors (Lipinski definition) is 0. The Labute approximate surface area is 176 Å². The largest absolute Gasteiger partial charge is 0.493 e. The first-order valence-electron chi connectivity index (χ1n) is 9.88. The molecule has 0 spiro atoms. The molecule has 0 bridgehead atoms. The van der Waals surface area contributed by atoms with Crippen LogP contribution in [0, 0.1) is 11.7 Å². The SMILES string of the molecule is COc1ccc(CN(C(=O)C2CCC2)C(C)C)cc1OS(=O)(=O)c1ccc(F)cc1. The number of amides is 1. The van der Waals surface area contributed by atoms with Gasteiger partial charge in [-0.2, -0.15) is 8.42 Å². The molecule has 1 amide bonds. The first-order chi connectivity index (χ1) is 14.2. The van der Waals surface area contributed by atoms with Gasteiger partial charge in [0.25, 0.3) is 0 Å². The highest BCUT2D eigenvalue weighted by atomic mass is 32.2. The number of carbonyl (C=O) groups excluding carboxylic acids is 1. The minimum Gasteiger partial charge on any atom is -0.493 e. The summed E-state index contributed by atoms with van der Waals surface area (Å²) < 4.78 is 48.9. The van der Waals surface area contributed by atoms with Crippen molar-refractivity contribution < 1.29 is 26.5 Å². The van der Waals surface area contributed by atoms with Gasteiger partial charge in [0.05, 0.1) is 7.11 Å². The highest BCUT2D eigenvalue weighted by molar-refractivity contribution is 7.87. The molecule has 30 heavy (non-hydrogen) atoms. The molecule has 0 aromatic heterocycles. The van der Waals surface area contributed by atoms with Crippen LogP contribution in [0.15, 0.2) is 47.4 Å². The Morgan fingerprint density at radius 2 is 1.80 bits per heavy atom. The molecular formula is C22H26FNO5S. The highest BCUT2D eigenvalue weighted by Crippen LogP contribution is 2.33. The van der Waals surface area contributed by atoms with E-state index in [2.05, 4.69) is 0 Å². The Bertz CT molecular complexity index is 1000. The van der Waals surface area contributed by atoms with E-state index in [1.165, 1.54) is 7.11 Å². The van der Waals surface area contributed by atoms with E-state index in [1.54, 1.807) is 23.1 Å². The molecule has 0 saturated heterocycles. The average Bonchev–Trinajstić information content (AvgIpc) is 2.64. The summed E-state index contributed by atoms with van der Waals surface area (Å²) in [6.45, 7) is 4.25. The second-order valence-corrected chi connectivity index (χ2v) is 9.21. The van der Waals surface area contributed by atoms with Crippen LogP contribution in [0.3, 0.4) is 0 Å². The minimum atomic E-state index is -4.18. The smallest absolute Gasteiger partial charge is 0.339 e. The van der Waals surface area contributed by atoms with Crippen LogP contribution in [-0.4, -0.2) is 32.4 Å². The summed E-state index contributed by atoms with van der Waals surface area (Å²) in [7, 11) is -2.77. The third kappa shape index (κ3) is 4.92. The van der Waals surface area contributed by atoms with Crippen molar-refractivity contribution in [2.45, 2.75) is 50.6 Å². The number of rotatable bonds is 8. The fourth-order valence-corrected chi connectivity index (χ4v) is 4.19. The molecule has 0 atom stereocenters. The van der Waals surface area contributed by atoms with Gasteiger partial charge in [-0.25, -0.2) is 4.39 Å². The van der Waals surface area contributed by atoms with Crippen LogP contribution in [-0.2, 0) is 21.5 Å². The molecule has 1 fully saturated rings. The summed E-state index contributed by atoms with van der Waals surface area (Å²) in [6, 6.07) is 9.33. The van der Waals surface area contributed by atoms with Gasteiger partial charge < -0.3 is 13.8 Å². The summed E-state index contributed by atoms with van der Waals surface area (Å²) in [6.07, 6.45) is 2.90. The van der Waals surface area contributed by atoms with E-state index < -0.39 is 15.9 Å². The van der Waals surface area contributed by atoms with Gasteiger partial charge >= 0.3 is 10.1 Å². The van der Waals surface area contributed by atoms with Crippen molar-refractivity contribution in [1.29, 1.82) is 0 Å². The number of carbonyl (C=O) groups is 1. The molecular weight excluding hydrogens is 409 g/mol. The second-order valence-electron chi connectivity index (χ2n) is 7.66. The van der Waals surface area contributed by atoms with E-state index in [9.17, 15) is 17.6 Å². The van der Waals surface area contributed by atoms with Crippen molar-refractivity contribution in [2.24, 2.45) is 5.92 Å². The topological polar surface area (TPSA) is 72.9 Å². The van der Waals surface area contributed by atoms with Crippen LogP contribution in [0.5, 0.6) is 11.5 Å². The molecule has 0 radical (unpaired) electrons. The molecule has 0 heterocycles. The standard InChI is InChI=1S/C22H26FNO5S/c1-15(2)24(22(25)17-5-4-6-17)14-16-7-12-20(28-3)21(13-16)29-30(26,27)19-10-8-18(23)9-11-19/h7-13,15,17H,4-6,14H2,1-3H3. The van der Waals surface area contributed by atoms with Crippen LogP contribution < -0.4 is 8.92 Å². The van der Waals surface area contributed by atoms with Crippen molar-refractivity contribution in [1.82, 2.24) is 4.90 Å². The summed E-state index contributed by atoms with van der Waals surface area (Å²) >= 11 is 0. The number of methoxy groups -OCH3 is 1. The predicted molar refractivity (Wildman–Crippen MR) is 110 cm³/mol. The molecule has 2 aromatic rings. The van der Waals surface area contributed by atoms with Crippen molar-refractivity contribution in [2.75, 3.05) is 7.11 Å². The maximum absolute atomic E-state index is 13.1. The van der Waals surface area contributed by atoms with Crippen LogP contribution in [0.1, 0.15) is 38.7 Å². The maximum Gasteiger partial charge on any atom is 0.339 e. The van der Waals surface area contributed by atoms with Gasteiger partial charge in [-0.3, -0.25) is 4.79 Å². The van der Waals surface area contributed by atoms with E-state index in [-0.39, 0.29) is 34.3 Å². The van der Waals surface area contributed by atoms with Gasteiger partial charge in [0.15, 0.2) is 11.5 Å². The fraction of sp³-hybridized carbons (Fsp3) is 0.409. The van der Waals surface area contributed by atoms with Crippen LogP contribution in [0.4, 0.5) is 4.39 Å². The number of ether oxygens (including phenoxy) is 1. The number of nitrogens with zero attached hydrogens (tertiary/aromatic N) is 1. The lowest BCUT2D eigenvalue weighted by molar-refractivity contribution is -0.140. The second kappa shape index (κ2) is 9.04. The first-order valence-corrected chi connectivity index (χ1v) is 11.3. The number of benzene rings is 2. The molecule has 1 aliphatic rings. The molecule has 162 valence electrons. The van der Waals surface area contributed by atoms with Gasteiger partial charge in [-0.05, 0) is 68.7 Å². The average molecular weight is 436 g/mol. The predicted octanol–water partition coefficient (Wildman–Crippen LogP) is 4.14. The Balaban J connectivity index is 1.85. The molecule has 3 rings (SSSR count). The number of halogens is 1. The third-order valence-electron chi connectivity index (χ3n) is 5.24. The molecule has 2 aromatic carbocycles. The minimum absolute atomic E-state index is 0.00696. The molecule has 1 saturated carbocycles. The maximum atomic E-state index is 13.1. The first kappa shape index (κ1) is 22.1. The van der Waals surface area contributed by atoms with Crippen LogP contribution in [0.25, 0.3) is 0 Å². The summed E-state index contributed by atoms with van der Waals surface area (Å²) in [5.74, 6) is -0.0999. The van der Waals surface area contributed by atoms with E-state index >= 15 is 0 Å². The number of hydrogen-bond acceptors (Lipinski definition) is 5. The zero-order chi connectivity index (χ0) is 21.9. The van der Waals surface area contributed by atoms with E-state index in [4.69, 9.17) is 8.92 Å². The monoisotopic (exact) mass is 435 g/mol. The summed E-state index contributed by atoms with van der Waals surface area (Å²) in [5.41, 5.74) is 0.724. The molecule has 6 nitrogen and oxygen atoms in total. The Morgan fingerprint density at radius 3 is 2.33 bits per heavy atom. The Kier molecular flexibility index (Phi) is 6.65. The van der Waals surface area contributed by atoms with Gasteiger partial charge in [-0.15, -0.1) is 0 Å². The zero-order valence-electron chi connectivity index (χ0n) is 17.3. The van der Waals surface area contributed by atoms with Gasteiger partial charge in [0.1, 0.15) is 10.7 Å². The van der Waals surface area contributed by atoms with Crippen molar-refractivity contribution in [3.63, 3.8) is 0 Å². The van der Waals surface area contributed by atoms with E-state index in [1.807, 2.05) is 13.8 Å². The molecule has 0 unspecified atom stereocenters. The third-order valence-corrected chi connectivity index (χ3v) is 6.49. The van der Waals surface area contributed by atoms with Crippen molar-refractivity contribution >= 4 is 16.0 Å². The molecule has 1 aliphatic carbocycles. The molecule has 8 heteroatoms. The summed E-state index contributed by atoms with van der Waals surface area (Å²) in [4.78, 5) is 14.4. The van der Waals surface area contributed by atoms with Gasteiger partial charge in [-0.1, -0.05) is 12.5 Å². The normalized spacial score (nSPS) is 14.3. The van der Waals surface area contributed by atoms with Gasteiger partial charge in [0.2, 0.25) is 5.91 Å². The van der Waals surface area contributed by atoms with Crippen LogP contribution >= 0.6 is 0 Å². The van der Waals surface area contributed by atoms with Crippen molar-refractivity contribution in [3.8, 4) is 11.5 Å². The molecule has 0 aliphatic heterocycles. The quantitative estimate of drug-likeness (QED) is 0.583. The Hall–Kier alpha value is -2.61. The van der Waals surface area contributed by atoms with Crippen molar-refractivity contribution in [3.05, 3.63) is 53.8 Å².